The van der Waals surface area contributed by atoms with Gasteiger partial charge in [-0.1, -0.05) is 19.4 Å². The summed E-state index contributed by atoms with van der Waals surface area (Å²) in [7, 11) is 0. The molecule has 2 N–H and O–H groups in total. The quantitative estimate of drug-likeness (QED) is 0.385. The predicted octanol–water partition coefficient (Wildman–Crippen LogP) is 5.47. The number of hydrogen-bond acceptors (Lipinski definition) is 3. The van der Waals surface area contributed by atoms with Gasteiger partial charge in [0.15, 0.2) is 5.11 Å². The standard InChI is InChI=1S/C19H19F3N2O2S/c1-2-3-11-26-17(25)13-7-9-15(10-8-13)23-18(27)24-16-6-4-5-14(12-16)19(20,21)22/h4-10,12H,2-3,11H2,1H3,(H2,23,24,27). The second-order valence-corrected chi connectivity index (χ2v) is 6.13. The first kappa shape index (κ1) is 20.7. The molecule has 0 amide bonds. The Labute approximate surface area is 160 Å². The Morgan fingerprint density at radius 3 is 2.37 bits per heavy atom. The van der Waals surface area contributed by atoms with Crippen molar-refractivity contribution in [2.75, 3.05) is 17.2 Å². The van der Waals surface area contributed by atoms with Gasteiger partial charge in [0.05, 0.1) is 17.7 Å². The van der Waals surface area contributed by atoms with Crippen molar-refractivity contribution in [3.63, 3.8) is 0 Å². The average molecular weight is 396 g/mol. The summed E-state index contributed by atoms with van der Waals surface area (Å²) in [6.07, 6.45) is -2.68. The molecule has 0 heterocycles. The van der Waals surface area contributed by atoms with E-state index in [9.17, 15) is 18.0 Å². The van der Waals surface area contributed by atoms with Crippen LogP contribution in [0, 0.1) is 0 Å². The molecule has 27 heavy (non-hydrogen) atoms. The molecule has 0 aliphatic heterocycles. The topological polar surface area (TPSA) is 50.4 Å². The van der Waals surface area contributed by atoms with Crippen LogP contribution in [0.4, 0.5) is 24.5 Å². The van der Waals surface area contributed by atoms with Crippen LogP contribution < -0.4 is 10.6 Å². The molecular formula is C19H19F3N2O2S. The Hall–Kier alpha value is -2.61. The third-order valence-electron chi connectivity index (χ3n) is 3.56. The van der Waals surface area contributed by atoms with E-state index in [4.69, 9.17) is 17.0 Å². The number of rotatable bonds is 6. The van der Waals surface area contributed by atoms with E-state index in [1.54, 1.807) is 24.3 Å². The lowest BCUT2D eigenvalue weighted by molar-refractivity contribution is -0.137. The molecule has 0 saturated heterocycles. The highest BCUT2D eigenvalue weighted by Gasteiger charge is 2.30. The largest absolute Gasteiger partial charge is 0.462 e. The maximum absolute atomic E-state index is 12.7. The first-order chi connectivity index (χ1) is 12.8. The van der Waals surface area contributed by atoms with Crippen molar-refractivity contribution < 1.29 is 22.7 Å². The van der Waals surface area contributed by atoms with Gasteiger partial charge in [-0.2, -0.15) is 13.2 Å². The molecule has 8 heteroatoms. The third kappa shape index (κ3) is 6.56. The van der Waals surface area contributed by atoms with Crippen LogP contribution in [-0.2, 0) is 10.9 Å². The normalized spacial score (nSPS) is 11.0. The molecular weight excluding hydrogens is 377 g/mol. The molecule has 0 fully saturated rings. The van der Waals surface area contributed by atoms with E-state index in [2.05, 4.69) is 10.6 Å². The molecule has 0 aliphatic carbocycles. The van der Waals surface area contributed by atoms with Crippen molar-refractivity contribution in [3.05, 3.63) is 59.7 Å². The first-order valence-corrected chi connectivity index (χ1v) is 8.73. The third-order valence-corrected chi connectivity index (χ3v) is 3.76. The molecule has 0 radical (unpaired) electrons. The van der Waals surface area contributed by atoms with Crippen LogP contribution in [0.1, 0.15) is 35.7 Å². The molecule has 4 nitrogen and oxygen atoms in total. The zero-order valence-electron chi connectivity index (χ0n) is 14.6. The molecule has 0 atom stereocenters. The van der Waals surface area contributed by atoms with Gasteiger partial charge in [-0.05, 0) is 61.1 Å². The van der Waals surface area contributed by atoms with Crippen LogP contribution in [0.3, 0.4) is 0 Å². The molecule has 0 unspecified atom stereocenters. The number of halogens is 3. The summed E-state index contributed by atoms with van der Waals surface area (Å²) < 4.78 is 43.3. The average Bonchev–Trinajstić information content (AvgIpc) is 2.62. The van der Waals surface area contributed by atoms with E-state index in [0.717, 1.165) is 25.0 Å². The van der Waals surface area contributed by atoms with Crippen molar-refractivity contribution in [1.82, 2.24) is 0 Å². The maximum Gasteiger partial charge on any atom is 0.416 e. The molecule has 0 saturated carbocycles. The molecule has 0 aromatic heterocycles. The van der Waals surface area contributed by atoms with E-state index in [1.165, 1.54) is 12.1 Å². The Morgan fingerprint density at radius 1 is 1.07 bits per heavy atom. The summed E-state index contributed by atoms with van der Waals surface area (Å²) in [5.41, 5.74) is 0.456. The van der Waals surface area contributed by atoms with E-state index in [-0.39, 0.29) is 10.8 Å². The van der Waals surface area contributed by atoms with Crippen LogP contribution in [0.15, 0.2) is 48.5 Å². The van der Waals surface area contributed by atoms with E-state index in [0.29, 0.717) is 17.9 Å². The van der Waals surface area contributed by atoms with Gasteiger partial charge < -0.3 is 15.4 Å². The fourth-order valence-corrected chi connectivity index (χ4v) is 2.38. The summed E-state index contributed by atoms with van der Waals surface area (Å²) in [6, 6.07) is 11.2. The number of unbranched alkanes of at least 4 members (excludes halogenated alkanes) is 1. The van der Waals surface area contributed by atoms with Gasteiger partial charge in [-0.15, -0.1) is 0 Å². The van der Waals surface area contributed by atoms with E-state index >= 15 is 0 Å². The number of nitrogens with one attached hydrogen (secondary N) is 2. The second-order valence-electron chi connectivity index (χ2n) is 5.72. The lowest BCUT2D eigenvalue weighted by Crippen LogP contribution is -2.19. The zero-order chi connectivity index (χ0) is 19.9. The minimum atomic E-state index is -4.42. The Bertz CT molecular complexity index is 792. The molecule has 144 valence electrons. The number of carbonyl (C=O) groups excluding carboxylic acids is 1. The van der Waals surface area contributed by atoms with E-state index in [1.807, 2.05) is 6.92 Å². The van der Waals surface area contributed by atoms with Gasteiger partial charge in [0.2, 0.25) is 0 Å². The zero-order valence-corrected chi connectivity index (χ0v) is 15.4. The lowest BCUT2D eigenvalue weighted by atomic mass is 10.2. The molecule has 2 rings (SSSR count). The van der Waals surface area contributed by atoms with Crippen molar-refractivity contribution in [3.8, 4) is 0 Å². The highest BCUT2D eigenvalue weighted by Crippen LogP contribution is 2.30. The second kappa shape index (κ2) is 9.36. The number of alkyl halides is 3. The fourth-order valence-electron chi connectivity index (χ4n) is 2.15. The summed E-state index contributed by atoms with van der Waals surface area (Å²) >= 11 is 5.11. The Kier molecular flexibility index (Phi) is 7.18. The number of carbonyl (C=O) groups is 1. The number of esters is 1. The molecule has 0 bridgehead atoms. The highest BCUT2D eigenvalue weighted by atomic mass is 32.1. The smallest absolute Gasteiger partial charge is 0.416 e. The van der Waals surface area contributed by atoms with E-state index < -0.39 is 17.7 Å². The summed E-state index contributed by atoms with van der Waals surface area (Å²) in [6.45, 7) is 2.38. The summed E-state index contributed by atoms with van der Waals surface area (Å²) in [5, 5.41) is 5.69. The van der Waals surface area contributed by atoms with Crippen LogP contribution in [0.25, 0.3) is 0 Å². The molecule has 2 aromatic carbocycles. The number of hydrogen-bond donors (Lipinski definition) is 2. The summed E-state index contributed by atoms with van der Waals surface area (Å²) in [5.74, 6) is -0.403. The lowest BCUT2D eigenvalue weighted by Gasteiger charge is -2.13. The highest BCUT2D eigenvalue weighted by molar-refractivity contribution is 7.80. The Morgan fingerprint density at radius 2 is 1.74 bits per heavy atom. The molecule has 0 aliphatic rings. The number of benzene rings is 2. The number of anilines is 2. The van der Waals surface area contributed by atoms with Crippen molar-refractivity contribution in [2.24, 2.45) is 0 Å². The van der Waals surface area contributed by atoms with Crippen molar-refractivity contribution in [2.45, 2.75) is 25.9 Å². The molecule has 2 aromatic rings. The van der Waals surface area contributed by atoms with Gasteiger partial charge in [-0.3, -0.25) is 0 Å². The first-order valence-electron chi connectivity index (χ1n) is 8.32. The van der Waals surface area contributed by atoms with Crippen molar-refractivity contribution in [1.29, 1.82) is 0 Å². The number of ether oxygens (including phenoxy) is 1. The van der Waals surface area contributed by atoms with Gasteiger partial charge in [0, 0.05) is 11.4 Å². The van der Waals surface area contributed by atoms with Gasteiger partial charge in [0.25, 0.3) is 0 Å². The SMILES string of the molecule is CCCCOC(=O)c1ccc(NC(=S)Nc2cccc(C(F)(F)F)c2)cc1. The Balaban J connectivity index is 1.93. The monoisotopic (exact) mass is 396 g/mol. The maximum atomic E-state index is 12.7. The fraction of sp³-hybridized carbons (Fsp3) is 0.263. The van der Waals surface area contributed by atoms with Crippen LogP contribution in [-0.4, -0.2) is 17.7 Å². The van der Waals surface area contributed by atoms with Crippen LogP contribution >= 0.6 is 12.2 Å². The molecule has 0 spiro atoms. The van der Waals surface area contributed by atoms with Crippen LogP contribution in [0.2, 0.25) is 0 Å². The predicted molar refractivity (Wildman–Crippen MR) is 103 cm³/mol. The van der Waals surface area contributed by atoms with Gasteiger partial charge >= 0.3 is 12.1 Å². The number of thiocarbonyl (C=S) groups is 1. The minimum absolute atomic E-state index is 0.132. The van der Waals surface area contributed by atoms with Gasteiger partial charge in [0.1, 0.15) is 0 Å². The van der Waals surface area contributed by atoms with Crippen molar-refractivity contribution >= 4 is 34.7 Å². The van der Waals surface area contributed by atoms with Gasteiger partial charge in [-0.25, -0.2) is 4.79 Å². The summed E-state index contributed by atoms with van der Waals surface area (Å²) in [4.78, 5) is 11.8. The minimum Gasteiger partial charge on any atom is -0.462 e. The van der Waals surface area contributed by atoms with Crippen LogP contribution in [0.5, 0.6) is 0 Å².